The molecular weight excluding hydrogens is 344 g/mol. The van der Waals surface area contributed by atoms with Crippen LogP contribution in [0.2, 0.25) is 0 Å². The SMILES string of the molecule is O=C(CNC(=O)c1ccccc1)NCC(=O)OCC(=O)c1cccs1. The van der Waals surface area contributed by atoms with Crippen molar-refractivity contribution in [3.8, 4) is 0 Å². The van der Waals surface area contributed by atoms with E-state index in [0.29, 0.717) is 10.4 Å². The maximum absolute atomic E-state index is 11.8. The number of hydrogen-bond donors (Lipinski definition) is 2. The number of ketones is 1. The maximum atomic E-state index is 11.8. The fraction of sp³-hybridized carbons (Fsp3) is 0.176. The highest BCUT2D eigenvalue weighted by Crippen LogP contribution is 2.09. The second-order valence-electron chi connectivity index (χ2n) is 4.89. The molecule has 8 heteroatoms. The highest BCUT2D eigenvalue weighted by atomic mass is 32.1. The second-order valence-corrected chi connectivity index (χ2v) is 5.83. The van der Waals surface area contributed by atoms with Crippen LogP contribution < -0.4 is 10.6 Å². The number of carbonyl (C=O) groups is 4. The van der Waals surface area contributed by atoms with Gasteiger partial charge in [-0.3, -0.25) is 19.2 Å². The number of benzene rings is 1. The topological polar surface area (TPSA) is 102 Å². The van der Waals surface area contributed by atoms with Crippen LogP contribution in [0.5, 0.6) is 0 Å². The van der Waals surface area contributed by atoms with Gasteiger partial charge < -0.3 is 15.4 Å². The van der Waals surface area contributed by atoms with Gasteiger partial charge in [0.2, 0.25) is 11.7 Å². The lowest BCUT2D eigenvalue weighted by atomic mass is 10.2. The third-order valence-corrected chi connectivity index (χ3v) is 3.95. The molecule has 0 saturated heterocycles. The molecule has 0 unspecified atom stereocenters. The summed E-state index contributed by atoms with van der Waals surface area (Å²) in [7, 11) is 0. The Hall–Kier alpha value is -3.00. The quantitative estimate of drug-likeness (QED) is 0.541. The first kappa shape index (κ1) is 18.3. The van der Waals surface area contributed by atoms with Crippen LogP contribution in [0.25, 0.3) is 0 Å². The summed E-state index contributed by atoms with van der Waals surface area (Å²) < 4.78 is 4.79. The second kappa shape index (κ2) is 9.33. The normalized spacial score (nSPS) is 9.92. The molecule has 2 aromatic rings. The molecule has 0 atom stereocenters. The highest BCUT2D eigenvalue weighted by Gasteiger charge is 2.12. The predicted molar refractivity (Wildman–Crippen MR) is 91.4 cm³/mol. The van der Waals surface area contributed by atoms with Crippen LogP contribution in [0.3, 0.4) is 0 Å². The molecule has 0 aliphatic carbocycles. The Bertz CT molecular complexity index is 744. The third kappa shape index (κ3) is 6.19. The smallest absolute Gasteiger partial charge is 0.325 e. The van der Waals surface area contributed by atoms with E-state index in [1.807, 2.05) is 0 Å². The zero-order valence-electron chi connectivity index (χ0n) is 13.2. The monoisotopic (exact) mass is 360 g/mol. The van der Waals surface area contributed by atoms with Gasteiger partial charge in [0.05, 0.1) is 11.4 Å². The van der Waals surface area contributed by atoms with Crippen LogP contribution in [-0.2, 0) is 14.3 Å². The van der Waals surface area contributed by atoms with Crippen LogP contribution in [0, 0.1) is 0 Å². The number of nitrogens with one attached hydrogen (secondary N) is 2. The summed E-state index contributed by atoms with van der Waals surface area (Å²) in [5, 5.41) is 6.50. The first-order valence-electron chi connectivity index (χ1n) is 7.38. The minimum Gasteiger partial charge on any atom is -0.456 e. The Balaban J connectivity index is 1.63. The number of hydrogen-bond acceptors (Lipinski definition) is 6. The summed E-state index contributed by atoms with van der Waals surface area (Å²) in [6, 6.07) is 11.8. The molecule has 2 amide bonds. The van der Waals surface area contributed by atoms with E-state index in [-0.39, 0.29) is 31.4 Å². The van der Waals surface area contributed by atoms with Crippen molar-refractivity contribution in [1.82, 2.24) is 10.6 Å². The van der Waals surface area contributed by atoms with Gasteiger partial charge in [-0.05, 0) is 23.6 Å². The lowest BCUT2D eigenvalue weighted by molar-refractivity contribution is -0.142. The minimum atomic E-state index is -0.729. The number of Topliss-reactive ketones (excluding diaryl/α,β-unsaturated/α-hetero) is 1. The molecule has 1 aromatic heterocycles. The summed E-state index contributed by atoms with van der Waals surface area (Å²) in [6.07, 6.45) is 0. The van der Waals surface area contributed by atoms with Gasteiger partial charge in [-0.1, -0.05) is 24.3 Å². The van der Waals surface area contributed by atoms with Gasteiger partial charge in [0.1, 0.15) is 6.54 Å². The van der Waals surface area contributed by atoms with E-state index in [9.17, 15) is 19.2 Å². The highest BCUT2D eigenvalue weighted by molar-refractivity contribution is 7.12. The predicted octanol–water partition coefficient (Wildman–Crippen LogP) is 1.02. The average Bonchev–Trinajstić information content (AvgIpc) is 3.18. The molecule has 130 valence electrons. The van der Waals surface area contributed by atoms with Crippen molar-refractivity contribution in [2.24, 2.45) is 0 Å². The molecule has 0 spiro atoms. The van der Waals surface area contributed by atoms with Crippen LogP contribution in [-0.4, -0.2) is 43.3 Å². The van der Waals surface area contributed by atoms with Gasteiger partial charge in [0, 0.05) is 5.56 Å². The zero-order chi connectivity index (χ0) is 18.1. The Morgan fingerprint density at radius 3 is 2.36 bits per heavy atom. The average molecular weight is 360 g/mol. The summed E-state index contributed by atoms with van der Waals surface area (Å²) in [6.45, 7) is -1.02. The number of carbonyl (C=O) groups excluding carboxylic acids is 4. The molecule has 2 N–H and O–H groups in total. The Morgan fingerprint density at radius 2 is 1.68 bits per heavy atom. The van der Waals surface area contributed by atoms with Gasteiger partial charge in [0.25, 0.3) is 5.91 Å². The van der Waals surface area contributed by atoms with E-state index in [1.165, 1.54) is 11.3 Å². The molecule has 0 aliphatic heterocycles. The molecule has 0 aliphatic rings. The van der Waals surface area contributed by atoms with Crippen molar-refractivity contribution in [1.29, 1.82) is 0 Å². The van der Waals surface area contributed by atoms with E-state index in [4.69, 9.17) is 4.74 Å². The zero-order valence-corrected chi connectivity index (χ0v) is 14.0. The number of ether oxygens (including phenoxy) is 1. The van der Waals surface area contributed by atoms with Crippen LogP contribution >= 0.6 is 11.3 Å². The first-order chi connectivity index (χ1) is 12.1. The van der Waals surface area contributed by atoms with Gasteiger partial charge >= 0.3 is 5.97 Å². The van der Waals surface area contributed by atoms with Crippen molar-refractivity contribution in [2.45, 2.75) is 0 Å². The number of esters is 1. The lowest BCUT2D eigenvalue weighted by Crippen LogP contribution is -2.39. The lowest BCUT2D eigenvalue weighted by Gasteiger charge is -2.07. The van der Waals surface area contributed by atoms with Crippen molar-refractivity contribution >= 4 is 34.9 Å². The number of thiophene rings is 1. The van der Waals surface area contributed by atoms with Crippen molar-refractivity contribution < 1.29 is 23.9 Å². The van der Waals surface area contributed by atoms with Crippen molar-refractivity contribution in [2.75, 3.05) is 19.7 Å². The van der Waals surface area contributed by atoms with E-state index in [0.717, 1.165) is 0 Å². The van der Waals surface area contributed by atoms with E-state index >= 15 is 0 Å². The van der Waals surface area contributed by atoms with Crippen LogP contribution in [0.1, 0.15) is 20.0 Å². The molecule has 1 aromatic carbocycles. The van der Waals surface area contributed by atoms with E-state index in [1.54, 1.807) is 47.8 Å². The van der Waals surface area contributed by atoms with Gasteiger partial charge in [-0.15, -0.1) is 11.3 Å². The van der Waals surface area contributed by atoms with Gasteiger partial charge in [-0.25, -0.2) is 0 Å². The molecule has 0 radical (unpaired) electrons. The third-order valence-electron chi connectivity index (χ3n) is 3.04. The molecular formula is C17H16N2O5S. The fourth-order valence-electron chi connectivity index (χ4n) is 1.79. The largest absolute Gasteiger partial charge is 0.456 e. The Morgan fingerprint density at radius 1 is 0.920 bits per heavy atom. The molecule has 2 rings (SSSR count). The van der Waals surface area contributed by atoms with Gasteiger partial charge in [-0.2, -0.15) is 0 Å². The molecule has 0 fully saturated rings. The molecule has 0 saturated carbocycles. The summed E-state index contributed by atoms with van der Waals surface area (Å²) >= 11 is 1.26. The van der Waals surface area contributed by atoms with Crippen LogP contribution in [0.15, 0.2) is 47.8 Å². The summed E-state index contributed by atoms with van der Waals surface area (Å²) in [5.41, 5.74) is 0.432. The molecule has 7 nitrogen and oxygen atoms in total. The number of rotatable bonds is 8. The van der Waals surface area contributed by atoms with E-state index < -0.39 is 11.9 Å². The van der Waals surface area contributed by atoms with E-state index in [2.05, 4.69) is 10.6 Å². The van der Waals surface area contributed by atoms with Crippen molar-refractivity contribution in [3.63, 3.8) is 0 Å². The summed E-state index contributed by atoms with van der Waals surface area (Å²) in [4.78, 5) is 47.0. The van der Waals surface area contributed by atoms with Crippen molar-refractivity contribution in [3.05, 3.63) is 58.3 Å². The molecule has 1 heterocycles. The molecule has 25 heavy (non-hydrogen) atoms. The van der Waals surface area contributed by atoms with Gasteiger partial charge in [0.15, 0.2) is 6.61 Å². The first-order valence-corrected chi connectivity index (χ1v) is 8.26. The Kier molecular flexibility index (Phi) is 6.85. The molecule has 0 bridgehead atoms. The maximum Gasteiger partial charge on any atom is 0.325 e. The Labute approximate surface area is 148 Å². The minimum absolute atomic E-state index is 0.269. The number of amides is 2. The standard InChI is InChI=1S/C17H16N2O5S/c20-13(14-7-4-8-25-14)11-24-16(22)10-18-15(21)9-19-17(23)12-5-2-1-3-6-12/h1-8H,9-11H2,(H,18,21)(H,19,23). The fourth-order valence-corrected chi connectivity index (χ4v) is 2.44. The van der Waals surface area contributed by atoms with Crippen LogP contribution in [0.4, 0.5) is 0 Å². The summed E-state index contributed by atoms with van der Waals surface area (Å²) in [5.74, 6) is -1.96.